The molecule has 0 aromatic rings. The third-order valence-electron chi connectivity index (χ3n) is 1.24. The van der Waals surface area contributed by atoms with E-state index < -0.39 is 13.9 Å². The van der Waals surface area contributed by atoms with Crippen LogP contribution in [0.3, 0.4) is 0 Å². The summed E-state index contributed by atoms with van der Waals surface area (Å²) in [7, 11) is -3.93. The van der Waals surface area contributed by atoms with Gasteiger partial charge in [-0.05, 0) is 13.3 Å². The summed E-state index contributed by atoms with van der Waals surface area (Å²) in [6.45, 7) is 2.56. The van der Waals surface area contributed by atoms with E-state index in [1.807, 2.05) is 6.92 Å². The van der Waals surface area contributed by atoms with Crippen LogP contribution in [-0.4, -0.2) is 30.1 Å². The van der Waals surface area contributed by atoms with Crippen molar-refractivity contribution in [1.29, 1.82) is 0 Å². The summed E-state index contributed by atoms with van der Waals surface area (Å²) in [6.07, 6.45) is -0.0816. The number of hydrogen-bond donors (Lipinski definition) is 2. The topological polar surface area (TPSA) is 81.8 Å². The van der Waals surface area contributed by atoms with Gasteiger partial charge in [-0.3, -0.25) is 4.52 Å². The molecule has 0 spiro atoms. The third kappa shape index (κ3) is 8.68. The largest absolute Gasteiger partial charge is 0.400 e. The standard InChI is InChI=1S/C6H15ClNO4P/c1-2-11-5-6(3-4-7)12-13(8,9)10/h6H,2-5H2,1H3,(H3,8,9,10). The van der Waals surface area contributed by atoms with Crippen molar-refractivity contribution in [2.24, 2.45) is 5.50 Å². The molecule has 5 nitrogen and oxygen atoms in total. The molecule has 0 aliphatic carbocycles. The summed E-state index contributed by atoms with van der Waals surface area (Å²) < 4.78 is 20.4. The van der Waals surface area contributed by atoms with E-state index in [-0.39, 0.29) is 6.61 Å². The highest BCUT2D eigenvalue weighted by Crippen LogP contribution is 2.34. The van der Waals surface area contributed by atoms with Crippen molar-refractivity contribution in [2.75, 3.05) is 19.1 Å². The number of ether oxygens (including phenoxy) is 1. The lowest BCUT2D eigenvalue weighted by molar-refractivity contribution is 0.0488. The Kier molecular flexibility index (Phi) is 6.95. The second-order valence-corrected chi connectivity index (χ2v) is 4.15. The number of hydrogen-bond acceptors (Lipinski definition) is 3. The summed E-state index contributed by atoms with van der Waals surface area (Å²) in [6, 6.07) is 0. The molecule has 0 saturated carbocycles. The monoisotopic (exact) mass is 231 g/mol. The Labute approximate surface area is 82.7 Å². The fourth-order valence-corrected chi connectivity index (χ4v) is 1.59. The summed E-state index contributed by atoms with van der Waals surface area (Å²) >= 11 is 5.46. The predicted octanol–water partition coefficient (Wildman–Crippen LogP) is 1.10. The molecule has 0 aliphatic heterocycles. The number of halogens is 1. The summed E-state index contributed by atoms with van der Waals surface area (Å²) in [5.74, 6) is 0.331. The van der Waals surface area contributed by atoms with Crippen LogP contribution in [0.5, 0.6) is 0 Å². The Balaban J connectivity index is 3.86. The van der Waals surface area contributed by atoms with Crippen LogP contribution in [0.25, 0.3) is 0 Å². The summed E-state index contributed by atoms with van der Waals surface area (Å²) in [4.78, 5) is 8.73. The van der Waals surface area contributed by atoms with Gasteiger partial charge in [0.1, 0.15) is 0 Å². The quantitative estimate of drug-likeness (QED) is 0.506. The molecule has 13 heavy (non-hydrogen) atoms. The molecule has 0 bridgehead atoms. The second-order valence-electron chi connectivity index (χ2n) is 2.43. The molecule has 0 saturated heterocycles. The highest BCUT2D eigenvalue weighted by atomic mass is 35.5. The van der Waals surface area contributed by atoms with E-state index in [4.69, 9.17) is 26.7 Å². The van der Waals surface area contributed by atoms with E-state index in [1.165, 1.54) is 0 Å². The Bertz CT molecular complexity index is 174. The van der Waals surface area contributed by atoms with E-state index >= 15 is 0 Å². The molecule has 80 valence electrons. The van der Waals surface area contributed by atoms with E-state index in [1.54, 1.807) is 0 Å². The molecule has 7 heteroatoms. The van der Waals surface area contributed by atoms with Gasteiger partial charge >= 0.3 is 7.75 Å². The minimum atomic E-state index is -3.93. The van der Waals surface area contributed by atoms with Gasteiger partial charge < -0.3 is 9.63 Å². The third-order valence-corrected chi connectivity index (χ3v) is 2.06. The maximum Gasteiger partial charge on any atom is 0.400 e. The van der Waals surface area contributed by atoms with Crippen molar-refractivity contribution in [3.05, 3.63) is 0 Å². The molecule has 0 rings (SSSR count). The van der Waals surface area contributed by atoms with Crippen LogP contribution >= 0.6 is 19.3 Å². The first kappa shape index (κ1) is 13.4. The lowest BCUT2D eigenvalue weighted by Crippen LogP contribution is -2.21. The molecule has 0 fully saturated rings. The van der Waals surface area contributed by atoms with Gasteiger partial charge in [-0.15, -0.1) is 11.6 Å². The van der Waals surface area contributed by atoms with Gasteiger partial charge in [0.25, 0.3) is 0 Å². The van der Waals surface area contributed by atoms with Gasteiger partial charge in [-0.2, -0.15) is 0 Å². The first-order valence-corrected chi connectivity index (χ1v) is 6.11. The fraction of sp³-hybridized carbons (Fsp3) is 1.00. The highest BCUT2D eigenvalue weighted by Gasteiger charge is 2.19. The van der Waals surface area contributed by atoms with Crippen molar-refractivity contribution in [1.82, 2.24) is 0 Å². The normalized spacial score (nSPS) is 18.2. The van der Waals surface area contributed by atoms with Crippen LogP contribution in [-0.2, 0) is 13.8 Å². The van der Waals surface area contributed by atoms with Crippen molar-refractivity contribution in [2.45, 2.75) is 19.4 Å². The van der Waals surface area contributed by atoms with Gasteiger partial charge in [-0.25, -0.2) is 10.1 Å². The molecule has 2 unspecified atom stereocenters. The maximum absolute atomic E-state index is 10.7. The smallest absolute Gasteiger partial charge is 0.379 e. The number of alkyl halides is 1. The second kappa shape index (κ2) is 6.76. The molecule has 0 aliphatic rings. The molecular weight excluding hydrogens is 216 g/mol. The maximum atomic E-state index is 10.7. The first-order chi connectivity index (χ1) is 5.99. The van der Waals surface area contributed by atoms with Crippen LogP contribution in [0.4, 0.5) is 0 Å². The van der Waals surface area contributed by atoms with Gasteiger partial charge in [0.05, 0.1) is 12.7 Å². The van der Waals surface area contributed by atoms with E-state index in [9.17, 15) is 4.57 Å². The minimum Gasteiger partial charge on any atom is -0.379 e. The summed E-state index contributed by atoms with van der Waals surface area (Å²) in [5.41, 5.74) is 4.83. The van der Waals surface area contributed by atoms with Crippen molar-refractivity contribution in [3.8, 4) is 0 Å². The average molecular weight is 232 g/mol. The molecule has 0 aromatic heterocycles. The molecule has 0 heterocycles. The lowest BCUT2D eigenvalue weighted by atomic mass is 10.3. The molecule has 2 atom stereocenters. The zero-order valence-electron chi connectivity index (χ0n) is 7.48. The van der Waals surface area contributed by atoms with E-state index in [2.05, 4.69) is 4.52 Å². The van der Waals surface area contributed by atoms with Crippen LogP contribution in [0.1, 0.15) is 13.3 Å². The zero-order valence-corrected chi connectivity index (χ0v) is 9.13. The van der Waals surface area contributed by atoms with E-state index in [0.29, 0.717) is 18.9 Å². The lowest BCUT2D eigenvalue weighted by Gasteiger charge is -2.17. The average Bonchev–Trinajstić information content (AvgIpc) is 1.98. The van der Waals surface area contributed by atoms with E-state index in [0.717, 1.165) is 0 Å². The van der Waals surface area contributed by atoms with Crippen LogP contribution in [0.2, 0.25) is 0 Å². The van der Waals surface area contributed by atoms with Gasteiger partial charge in [0.15, 0.2) is 0 Å². The molecule has 0 radical (unpaired) electrons. The SMILES string of the molecule is CCOCC(CCCl)OP(N)(=O)O. The van der Waals surface area contributed by atoms with Crippen molar-refractivity contribution in [3.63, 3.8) is 0 Å². The Morgan fingerprint density at radius 1 is 1.69 bits per heavy atom. The highest BCUT2D eigenvalue weighted by molar-refractivity contribution is 7.50. The van der Waals surface area contributed by atoms with Gasteiger partial charge in [0.2, 0.25) is 0 Å². The first-order valence-electron chi connectivity index (χ1n) is 3.93. The number of rotatable bonds is 7. The zero-order chi connectivity index (χ0) is 10.3. The minimum absolute atomic E-state index is 0.227. The Hall–Kier alpha value is 0.360. The molecular formula is C6H15ClNO4P. The summed E-state index contributed by atoms with van der Waals surface area (Å²) in [5, 5.41) is 0. The van der Waals surface area contributed by atoms with Gasteiger partial charge in [0, 0.05) is 12.5 Å². The van der Waals surface area contributed by atoms with Crippen LogP contribution in [0, 0.1) is 0 Å². The molecule has 0 aromatic carbocycles. The van der Waals surface area contributed by atoms with Crippen LogP contribution in [0.15, 0.2) is 0 Å². The number of nitrogens with two attached hydrogens (primary N) is 1. The predicted molar refractivity (Wildman–Crippen MR) is 50.7 cm³/mol. The molecule has 3 N–H and O–H groups in total. The fourth-order valence-electron chi connectivity index (χ4n) is 0.751. The van der Waals surface area contributed by atoms with Crippen LogP contribution < -0.4 is 5.50 Å². The van der Waals surface area contributed by atoms with Gasteiger partial charge in [-0.1, -0.05) is 0 Å². The van der Waals surface area contributed by atoms with Crippen molar-refractivity contribution >= 4 is 19.3 Å². The van der Waals surface area contributed by atoms with Crippen molar-refractivity contribution < 1.29 is 18.7 Å². The Morgan fingerprint density at radius 3 is 2.69 bits per heavy atom. The Morgan fingerprint density at radius 2 is 2.31 bits per heavy atom. The molecule has 0 amide bonds.